The molecule has 0 atom stereocenters. The molecule has 4 heteroatoms. The summed E-state index contributed by atoms with van der Waals surface area (Å²) in [5.74, 6) is 0. The molecule has 86 valence electrons. The molecule has 2 heterocycles. The van der Waals surface area contributed by atoms with Gasteiger partial charge in [0.15, 0.2) is 0 Å². The van der Waals surface area contributed by atoms with E-state index in [0.29, 0.717) is 6.54 Å². The van der Waals surface area contributed by atoms with Crippen molar-refractivity contribution in [3.05, 3.63) is 39.3 Å². The summed E-state index contributed by atoms with van der Waals surface area (Å²) in [4.78, 5) is 1.40. The Balaban J connectivity index is 2.10. The summed E-state index contributed by atoms with van der Waals surface area (Å²) in [6.45, 7) is 5.64. The monoisotopic (exact) mass is 235 g/mol. The number of aryl methyl sites for hydroxylation is 3. The molecule has 16 heavy (non-hydrogen) atoms. The van der Waals surface area contributed by atoms with Gasteiger partial charge in [-0.3, -0.25) is 4.68 Å². The average Bonchev–Trinajstić information content (AvgIpc) is 2.85. The molecule has 2 N–H and O–H groups in total. The second-order valence-corrected chi connectivity index (χ2v) is 4.94. The highest BCUT2D eigenvalue weighted by molar-refractivity contribution is 7.09. The van der Waals surface area contributed by atoms with Crippen molar-refractivity contribution in [2.75, 3.05) is 0 Å². The van der Waals surface area contributed by atoms with Crippen LogP contribution in [-0.2, 0) is 19.5 Å². The minimum absolute atomic E-state index is 0.580. The van der Waals surface area contributed by atoms with Gasteiger partial charge in [0.05, 0.1) is 5.69 Å². The molecule has 2 aromatic rings. The summed E-state index contributed by atoms with van der Waals surface area (Å²) in [6, 6.07) is 4.26. The first-order valence-electron chi connectivity index (χ1n) is 5.47. The van der Waals surface area contributed by atoms with Gasteiger partial charge in [-0.05, 0) is 25.3 Å². The molecule has 0 unspecified atom stereocenters. The van der Waals surface area contributed by atoms with Crippen molar-refractivity contribution >= 4 is 11.3 Å². The fourth-order valence-electron chi connectivity index (χ4n) is 1.92. The number of nitrogens with zero attached hydrogens (tertiary/aromatic N) is 2. The average molecular weight is 235 g/mol. The van der Waals surface area contributed by atoms with Crippen LogP contribution in [0.3, 0.4) is 0 Å². The Morgan fingerprint density at radius 3 is 2.81 bits per heavy atom. The van der Waals surface area contributed by atoms with Crippen LogP contribution in [0.1, 0.15) is 21.8 Å². The topological polar surface area (TPSA) is 43.8 Å². The van der Waals surface area contributed by atoms with E-state index in [9.17, 15) is 0 Å². The maximum Gasteiger partial charge on any atom is 0.0641 e. The van der Waals surface area contributed by atoms with Gasteiger partial charge in [-0.2, -0.15) is 5.10 Å². The quantitative estimate of drug-likeness (QED) is 0.883. The van der Waals surface area contributed by atoms with E-state index in [1.54, 1.807) is 11.3 Å². The van der Waals surface area contributed by atoms with Crippen LogP contribution in [0.2, 0.25) is 0 Å². The van der Waals surface area contributed by atoms with Crippen LogP contribution in [0.25, 0.3) is 0 Å². The highest BCUT2D eigenvalue weighted by atomic mass is 32.1. The van der Waals surface area contributed by atoms with Gasteiger partial charge in [0, 0.05) is 35.6 Å². The van der Waals surface area contributed by atoms with E-state index < -0.39 is 0 Å². The molecule has 3 nitrogen and oxygen atoms in total. The molecule has 0 amide bonds. The minimum Gasteiger partial charge on any atom is -0.326 e. The van der Waals surface area contributed by atoms with Crippen molar-refractivity contribution in [1.29, 1.82) is 0 Å². The summed E-state index contributed by atoms with van der Waals surface area (Å²) < 4.78 is 2.07. The first kappa shape index (κ1) is 11.4. The number of rotatable bonds is 4. The predicted octanol–water partition coefficient (Wildman–Crippen LogP) is 2.26. The summed E-state index contributed by atoms with van der Waals surface area (Å²) in [7, 11) is 0. The molecule has 0 aliphatic carbocycles. The minimum atomic E-state index is 0.580. The van der Waals surface area contributed by atoms with Crippen molar-refractivity contribution in [1.82, 2.24) is 9.78 Å². The van der Waals surface area contributed by atoms with Crippen LogP contribution in [-0.4, -0.2) is 9.78 Å². The van der Waals surface area contributed by atoms with E-state index in [2.05, 4.69) is 34.2 Å². The Labute approximate surface area is 99.9 Å². The lowest BCUT2D eigenvalue weighted by molar-refractivity contribution is 0.596. The third-order valence-electron chi connectivity index (χ3n) is 2.89. The van der Waals surface area contributed by atoms with Crippen molar-refractivity contribution < 1.29 is 0 Å². The molecule has 0 radical (unpaired) electrons. The van der Waals surface area contributed by atoms with Gasteiger partial charge in [-0.1, -0.05) is 6.07 Å². The largest absolute Gasteiger partial charge is 0.326 e. The van der Waals surface area contributed by atoms with Gasteiger partial charge in [-0.25, -0.2) is 0 Å². The Hall–Kier alpha value is -1.13. The van der Waals surface area contributed by atoms with Crippen LogP contribution >= 0.6 is 11.3 Å². The van der Waals surface area contributed by atoms with Crippen LogP contribution in [0, 0.1) is 13.8 Å². The van der Waals surface area contributed by atoms with Gasteiger partial charge in [0.25, 0.3) is 0 Å². The smallest absolute Gasteiger partial charge is 0.0641 e. The lowest BCUT2D eigenvalue weighted by Crippen LogP contribution is -2.05. The standard InChI is InChI=1S/C12H17N3S/c1-9-12(8-13)10(2)15(14-9)6-5-11-4-3-7-16-11/h3-4,7H,5-6,8,13H2,1-2H3. The summed E-state index contributed by atoms with van der Waals surface area (Å²) >= 11 is 1.80. The van der Waals surface area contributed by atoms with Gasteiger partial charge in [0.2, 0.25) is 0 Å². The van der Waals surface area contributed by atoms with Crippen LogP contribution in [0.5, 0.6) is 0 Å². The number of hydrogen-bond acceptors (Lipinski definition) is 3. The Kier molecular flexibility index (Phi) is 3.41. The van der Waals surface area contributed by atoms with Gasteiger partial charge >= 0.3 is 0 Å². The van der Waals surface area contributed by atoms with E-state index >= 15 is 0 Å². The van der Waals surface area contributed by atoms with Crippen LogP contribution in [0.15, 0.2) is 17.5 Å². The Morgan fingerprint density at radius 2 is 2.25 bits per heavy atom. The molecule has 0 spiro atoms. The Morgan fingerprint density at radius 1 is 1.44 bits per heavy atom. The second-order valence-electron chi connectivity index (χ2n) is 3.91. The summed E-state index contributed by atoms with van der Waals surface area (Å²) in [6.07, 6.45) is 1.05. The van der Waals surface area contributed by atoms with Crippen molar-refractivity contribution in [3.63, 3.8) is 0 Å². The summed E-state index contributed by atoms with van der Waals surface area (Å²) in [5.41, 5.74) is 9.16. The second kappa shape index (κ2) is 4.80. The molecule has 0 fully saturated rings. The SMILES string of the molecule is Cc1nn(CCc2cccs2)c(C)c1CN. The maximum absolute atomic E-state index is 5.70. The molecule has 2 rings (SSSR count). The van der Waals surface area contributed by atoms with E-state index in [0.717, 1.165) is 18.7 Å². The predicted molar refractivity (Wildman–Crippen MR) is 67.6 cm³/mol. The van der Waals surface area contributed by atoms with E-state index in [1.165, 1.54) is 16.1 Å². The molecule has 0 saturated carbocycles. The number of hydrogen-bond donors (Lipinski definition) is 1. The zero-order valence-corrected chi connectivity index (χ0v) is 10.5. The molecule has 0 aliphatic heterocycles. The molecule has 0 bridgehead atoms. The first-order chi connectivity index (χ1) is 7.72. The molecule has 2 aromatic heterocycles. The van der Waals surface area contributed by atoms with Crippen LogP contribution in [0.4, 0.5) is 0 Å². The molecule has 0 aromatic carbocycles. The zero-order chi connectivity index (χ0) is 11.5. The van der Waals surface area contributed by atoms with Crippen molar-refractivity contribution in [2.45, 2.75) is 33.4 Å². The zero-order valence-electron chi connectivity index (χ0n) is 9.73. The lowest BCUT2D eigenvalue weighted by Gasteiger charge is -2.03. The third-order valence-corrected chi connectivity index (χ3v) is 3.82. The molecule has 0 aliphatic rings. The lowest BCUT2D eigenvalue weighted by atomic mass is 10.2. The van der Waals surface area contributed by atoms with Crippen molar-refractivity contribution in [2.24, 2.45) is 5.73 Å². The maximum atomic E-state index is 5.70. The fraction of sp³-hybridized carbons (Fsp3) is 0.417. The van der Waals surface area contributed by atoms with Gasteiger partial charge < -0.3 is 5.73 Å². The van der Waals surface area contributed by atoms with Crippen molar-refractivity contribution in [3.8, 4) is 0 Å². The number of nitrogens with two attached hydrogens (primary N) is 1. The fourth-order valence-corrected chi connectivity index (χ4v) is 2.62. The highest BCUT2D eigenvalue weighted by Gasteiger charge is 2.09. The van der Waals surface area contributed by atoms with E-state index in [-0.39, 0.29) is 0 Å². The molecule has 0 saturated heterocycles. The molecular weight excluding hydrogens is 218 g/mol. The number of aromatic nitrogens is 2. The normalized spacial score (nSPS) is 10.9. The van der Waals surface area contributed by atoms with Gasteiger partial charge in [0.1, 0.15) is 0 Å². The third kappa shape index (κ3) is 2.18. The molecular formula is C12H17N3S. The first-order valence-corrected chi connectivity index (χ1v) is 6.35. The Bertz CT molecular complexity index is 457. The number of thiophene rings is 1. The van der Waals surface area contributed by atoms with Crippen LogP contribution < -0.4 is 5.73 Å². The van der Waals surface area contributed by atoms with E-state index in [4.69, 9.17) is 5.73 Å². The highest BCUT2D eigenvalue weighted by Crippen LogP contribution is 2.14. The van der Waals surface area contributed by atoms with E-state index in [1.807, 2.05) is 6.92 Å². The summed E-state index contributed by atoms with van der Waals surface area (Å²) in [5, 5.41) is 6.63. The van der Waals surface area contributed by atoms with Gasteiger partial charge in [-0.15, -0.1) is 11.3 Å².